The Labute approximate surface area is 240 Å². The van der Waals surface area contributed by atoms with E-state index < -0.39 is 19.8 Å². The number of rotatable bonds is 7. The van der Waals surface area contributed by atoms with Crippen molar-refractivity contribution in [3.63, 3.8) is 0 Å². The minimum Gasteiger partial charge on any atom is -0.309 e. The van der Waals surface area contributed by atoms with Gasteiger partial charge in [0.05, 0.1) is 30.1 Å². The van der Waals surface area contributed by atoms with Gasteiger partial charge >= 0.3 is 0 Å². The molecule has 0 aliphatic carbocycles. The van der Waals surface area contributed by atoms with Crippen molar-refractivity contribution in [1.29, 1.82) is 0 Å². The molecule has 4 aromatic carbocycles. The quantitative estimate of drug-likeness (QED) is 0.148. The molecule has 0 aliphatic rings. The lowest BCUT2D eigenvalue weighted by Crippen LogP contribution is -2.12. The van der Waals surface area contributed by atoms with Crippen LogP contribution in [0.15, 0.2) is 94.7 Å². The summed E-state index contributed by atoms with van der Waals surface area (Å²) in [4.78, 5) is 10.0. The van der Waals surface area contributed by atoms with E-state index in [4.69, 9.17) is 4.98 Å². The standard InChI is InChI=1S/C29H23N3O4S4/c1-3-18-11-16-24-26(27(18)40(34,35)36)38-29(31-24)20-12-15-23-25(17-20)37-28(30-23)19-9-13-21(14-10-19)32-39(2,33)22-7-5-4-6-8-22/h4-17H,2-3H2,1H3,(H,32,33)(H,34,35,36). The first-order valence-electron chi connectivity index (χ1n) is 12.2. The second kappa shape index (κ2) is 10.1. The molecule has 0 saturated heterocycles. The number of nitrogens with zero attached hydrogens (tertiary/aromatic N) is 2. The van der Waals surface area contributed by atoms with E-state index in [-0.39, 0.29) is 4.90 Å². The largest absolute Gasteiger partial charge is 0.309 e. The highest BCUT2D eigenvalue weighted by atomic mass is 32.2. The highest BCUT2D eigenvalue weighted by molar-refractivity contribution is 8.01. The van der Waals surface area contributed by atoms with Crippen LogP contribution in [0.3, 0.4) is 0 Å². The Hall–Kier alpha value is -3.61. The Morgan fingerprint density at radius 3 is 2.17 bits per heavy atom. The molecule has 0 aliphatic heterocycles. The van der Waals surface area contributed by atoms with Gasteiger partial charge in [0.1, 0.15) is 14.9 Å². The molecule has 6 rings (SSSR count). The predicted molar refractivity (Wildman–Crippen MR) is 166 cm³/mol. The van der Waals surface area contributed by atoms with E-state index in [9.17, 15) is 17.2 Å². The number of hydrogen-bond acceptors (Lipinski definition) is 7. The van der Waals surface area contributed by atoms with Gasteiger partial charge in [0.15, 0.2) is 0 Å². The second-order valence-corrected chi connectivity index (χ2v) is 14.5. The maximum atomic E-state index is 13.1. The SMILES string of the molecule is C=S(=O)(Nc1ccc(-c2nc3ccc(-c4nc5ccc(CC)c(S(=O)(=O)O)c5s4)cc3s2)cc1)c1ccccc1. The topological polar surface area (TPSA) is 109 Å². The van der Waals surface area contributed by atoms with Gasteiger partial charge in [-0.3, -0.25) is 4.55 Å². The maximum Gasteiger partial charge on any atom is 0.296 e. The lowest BCUT2D eigenvalue weighted by molar-refractivity contribution is 0.483. The zero-order chi connectivity index (χ0) is 28.1. The zero-order valence-electron chi connectivity index (χ0n) is 21.2. The van der Waals surface area contributed by atoms with Gasteiger partial charge in [-0.05, 0) is 78.5 Å². The normalized spacial score (nSPS) is 13.4. The molecular weight excluding hydrogens is 583 g/mol. The molecule has 0 saturated carbocycles. The van der Waals surface area contributed by atoms with Crippen LogP contribution < -0.4 is 4.72 Å². The fraction of sp³-hybridized carbons (Fsp3) is 0.0690. The molecule has 1 atom stereocenters. The van der Waals surface area contributed by atoms with Gasteiger partial charge in [-0.1, -0.05) is 31.2 Å². The molecule has 2 N–H and O–H groups in total. The maximum absolute atomic E-state index is 13.1. The van der Waals surface area contributed by atoms with Gasteiger partial charge in [0.2, 0.25) is 0 Å². The average Bonchev–Trinajstić information content (AvgIpc) is 3.56. The van der Waals surface area contributed by atoms with Gasteiger partial charge in [-0.15, -0.1) is 22.7 Å². The summed E-state index contributed by atoms with van der Waals surface area (Å²) in [5.74, 6) is 3.88. The van der Waals surface area contributed by atoms with Crippen LogP contribution in [0, 0.1) is 0 Å². The van der Waals surface area contributed by atoms with Crippen molar-refractivity contribution in [1.82, 2.24) is 9.97 Å². The van der Waals surface area contributed by atoms with Crippen molar-refractivity contribution in [3.05, 3.63) is 90.5 Å². The molecule has 2 aromatic heterocycles. The second-order valence-electron chi connectivity index (χ2n) is 9.12. The summed E-state index contributed by atoms with van der Waals surface area (Å²) < 4.78 is 51.7. The van der Waals surface area contributed by atoms with E-state index >= 15 is 0 Å². The van der Waals surface area contributed by atoms with Crippen LogP contribution in [0.4, 0.5) is 5.69 Å². The summed E-state index contributed by atoms with van der Waals surface area (Å²) in [6.07, 6.45) is 0.478. The van der Waals surface area contributed by atoms with Crippen LogP contribution in [0.2, 0.25) is 0 Å². The Kier molecular flexibility index (Phi) is 6.71. The first kappa shape index (κ1) is 26.6. The van der Waals surface area contributed by atoms with Crippen molar-refractivity contribution in [2.75, 3.05) is 4.72 Å². The molecule has 0 bridgehead atoms. The Morgan fingerprint density at radius 2 is 1.48 bits per heavy atom. The highest BCUT2D eigenvalue weighted by Crippen LogP contribution is 2.38. The summed E-state index contributed by atoms with van der Waals surface area (Å²) in [6.45, 7) is 1.85. The third-order valence-electron chi connectivity index (χ3n) is 6.41. The fourth-order valence-corrected chi connectivity index (χ4v) is 9.03. The zero-order valence-corrected chi connectivity index (χ0v) is 24.5. The van der Waals surface area contributed by atoms with Crippen LogP contribution in [0.25, 0.3) is 41.6 Å². The Bertz CT molecular complexity index is 2100. The van der Waals surface area contributed by atoms with Crippen LogP contribution in [0.5, 0.6) is 0 Å². The summed E-state index contributed by atoms with van der Waals surface area (Å²) in [5, 5.41) is 1.50. The number of thiazole rings is 2. The molecule has 11 heteroatoms. The lowest BCUT2D eigenvalue weighted by Gasteiger charge is -2.13. The minimum atomic E-state index is -4.39. The molecule has 7 nitrogen and oxygen atoms in total. The Balaban J connectivity index is 1.30. The van der Waals surface area contributed by atoms with Crippen molar-refractivity contribution in [2.45, 2.75) is 23.1 Å². The number of anilines is 1. The van der Waals surface area contributed by atoms with Crippen LogP contribution >= 0.6 is 22.7 Å². The summed E-state index contributed by atoms with van der Waals surface area (Å²) in [5.41, 5.74) is 4.39. The number of fused-ring (bicyclic) bond motifs is 2. The van der Waals surface area contributed by atoms with E-state index in [1.165, 1.54) is 22.7 Å². The molecule has 6 aromatic rings. The molecule has 0 radical (unpaired) electrons. The van der Waals surface area contributed by atoms with Gasteiger partial charge in [-0.25, -0.2) is 14.2 Å². The monoisotopic (exact) mass is 605 g/mol. The minimum absolute atomic E-state index is 0.0613. The van der Waals surface area contributed by atoms with E-state index in [1.54, 1.807) is 24.3 Å². The number of aromatic nitrogens is 2. The average molecular weight is 606 g/mol. The third kappa shape index (κ3) is 5.02. The molecule has 0 amide bonds. The molecule has 2 heterocycles. The van der Waals surface area contributed by atoms with E-state index in [2.05, 4.69) is 15.6 Å². The molecular formula is C29H23N3O4S4. The number of aryl methyl sites for hydroxylation is 1. The van der Waals surface area contributed by atoms with Crippen LogP contribution in [0.1, 0.15) is 12.5 Å². The smallest absolute Gasteiger partial charge is 0.296 e. The third-order valence-corrected chi connectivity index (χ3v) is 11.3. The van der Waals surface area contributed by atoms with Crippen LogP contribution in [-0.4, -0.2) is 33.0 Å². The van der Waals surface area contributed by atoms with Crippen molar-refractivity contribution < 1.29 is 17.2 Å². The highest BCUT2D eigenvalue weighted by Gasteiger charge is 2.22. The molecule has 0 spiro atoms. The first-order valence-corrected chi connectivity index (χ1v) is 17.0. The van der Waals surface area contributed by atoms with Gasteiger partial charge in [-0.2, -0.15) is 8.42 Å². The molecule has 0 fully saturated rings. The van der Waals surface area contributed by atoms with Crippen molar-refractivity contribution >= 4 is 74.5 Å². The van der Waals surface area contributed by atoms with Crippen molar-refractivity contribution in [3.8, 4) is 21.1 Å². The summed E-state index contributed by atoms with van der Waals surface area (Å²) in [6, 6.07) is 26.0. The van der Waals surface area contributed by atoms with Crippen LogP contribution in [-0.2, 0) is 26.2 Å². The predicted octanol–water partition coefficient (Wildman–Crippen LogP) is 7.15. The van der Waals surface area contributed by atoms with Gasteiger partial charge in [0, 0.05) is 21.7 Å². The molecule has 40 heavy (non-hydrogen) atoms. The van der Waals surface area contributed by atoms with E-state index in [0.717, 1.165) is 26.4 Å². The molecule has 202 valence electrons. The van der Waals surface area contributed by atoms with Gasteiger partial charge < -0.3 is 4.72 Å². The summed E-state index contributed by atoms with van der Waals surface area (Å²) >= 11 is 2.78. The number of nitrogens with one attached hydrogen (secondary N) is 1. The Morgan fingerprint density at radius 1 is 0.825 bits per heavy atom. The lowest BCUT2D eigenvalue weighted by atomic mass is 10.1. The van der Waals surface area contributed by atoms with Crippen molar-refractivity contribution in [2.24, 2.45) is 0 Å². The van der Waals surface area contributed by atoms with E-state index in [0.29, 0.717) is 37.8 Å². The number of hydrogen-bond donors (Lipinski definition) is 2. The van der Waals surface area contributed by atoms with E-state index in [1.807, 2.05) is 67.6 Å². The number of benzene rings is 4. The summed E-state index contributed by atoms with van der Waals surface area (Å²) in [7, 11) is -7.07. The molecule has 1 unspecified atom stereocenters. The first-order chi connectivity index (χ1) is 19.1. The fourth-order valence-electron chi connectivity index (χ4n) is 4.44. The van der Waals surface area contributed by atoms with Gasteiger partial charge in [0.25, 0.3) is 10.1 Å².